The van der Waals surface area contributed by atoms with E-state index in [0.29, 0.717) is 11.7 Å². The second-order valence-electron chi connectivity index (χ2n) is 7.24. The number of benzene rings is 1. The Kier molecular flexibility index (Phi) is 3.65. The third-order valence-electron chi connectivity index (χ3n) is 4.94. The van der Waals surface area contributed by atoms with E-state index in [2.05, 4.69) is 45.6 Å². The van der Waals surface area contributed by atoms with Gasteiger partial charge >= 0.3 is 0 Å². The molecule has 0 saturated carbocycles. The highest BCUT2D eigenvalue weighted by molar-refractivity contribution is 5.33. The van der Waals surface area contributed by atoms with E-state index in [1.165, 1.54) is 5.56 Å². The molecule has 2 rings (SSSR count). The van der Waals surface area contributed by atoms with E-state index in [0.717, 1.165) is 19.5 Å². The maximum Gasteiger partial charge on any atom is 0.115 e. The summed E-state index contributed by atoms with van der Waals surface area (Å²) in [5, 5.41) is 9.72. The van der Waals surface area contributed by atoms with Gasteiger partial charge in [0.15, 0.2) is 0 Å². The number of hydrogen-bond acceptors (Lipinski definition) is 2. The van der Waals surface area contributed by atoms with Gasteiger partial charge < -0.3 is 5.11 Å². The van der Waals surface area contributed by atoms with Gasteiger partial charge in [-0.1, -0.05) is 26.0 Å². The first kappa shape index (κ1) is 14.4. The molecule has 106 valence electrons. The van der Waals surface area contributed by atoms with Crippen molar-refractivity contribution < 1.29 is 5.11 Å². The quantitative estimate of drug-likeness (QED) is 0.831. The normalized spacial score (nSPS) is 29.4. The van der Waals surface area contributed by atoms with Crippen LogP contribution in [0.1, 0.15) is 46.6 Å². The highest BCUT2D eigenvalue weighted by Crippen LogP contribution is 2.41. The molecule has 1 aromatic carbocycles. The van der Waals surface area contributed by atoms with Crippen LogP contribution in [0.2, 0.25) is 0 Å². The lowest BCUT2D eigenvalue weighted by molar-refractivity contribution is 0.0423. The van der Waals surface area contributed by atoms with Crippen molar-refractivity contribution >= 4 is 0 Å². The number of phenols is 1. The summed E-state index contributed by atoms with van der Waals surface area (Å²) >= 11 is 0. The van der Waals surface area contributed by atoms with Gasteiger partial charge in [-0.15, -0.1) is 0 Å². The maximum atomic E-state index is 9.72. The average Bonchev–Trinajstić information content (AvgIpc) is 2.31. The average molecular weight is 261 g/mol. The van der Waals surface area contributed by atoms with Gasteiger partial charge in [-0.25, -0.2) is 0 Å². The van der Waals surface area contributed by atoms with Gasteiger partial charge in [-0.3, -0.25) is 4.90 Å². The Labute approximate surface area is 117 Å². The molecular weight excluding hydrogens is 234 g/mol. The SMILES string of the molecule is C[C@H]1CN(C(C)(C)C)CC[C@@]1(C)c1cccc(O)c1. The van der Waals surface area contributed by atoms with Crippen LogP contribution >= 0.6 is 0 Å². The zero-order valence-corrected chi connectivity index (χ0v) is 12.9. The zero-order chi connectivity index (χ0) is 14.3. The van der Waals surface area contributed by atoms with Crippen LogP contribution in [0.15, 0.2) is 24.3 Å². The van der Waals surface area contributed by atoms with Gasteiger partial charge in [0.2, 0.25) is 0 Å². The number of likely N-dealkylation sites (tertiary alicyclic amines) is 1. The predicted molar refractivity (Wildman–Crippen MR) is 80.6 cm³/mol. The molecule has 1 heterocycles. The van der Waals surface area contributed by atoms with Crippen LogP contribution in [-0.4, -0.2) is 28.6 Å². The molecule has 1 aliphatic heterocycles. The first-order chi connectivity index (χ1) is 8.73. The van der Waals surface area contributed by atoms with E-state index >= 15 is 0 Å². The zero-order valence-electron chi connectivity index (χ0n) is 12.9. The third-order valence-corrected chi connectivity index (χ3v) is 4.94. The minimum atomic E-state index is 0.167. The Morgan fingerprint density at radius 1 is 1.32 bits per heavy atom. The first-order valence-corrected chi connectivity index (χ1v) is 7.28. The largest absolute Gasteiger partial charge is 0.508 e. The fraction of sp³-hybridized carbons (Fsp3) is 0.647. The molecule has 0 radical (unpaired) electrons. The van der Waals surface area contributed by atoms with E-state index in [-0.39, 0.29) is 11.0 Å². The Morgan fingerprint density at radius 2 is 2.00 bits per heavy atom. The second-order valence-corrected chi connectivity index (χ2v) is 7.24. The summed E-state index contributed by atoms with van der Waals surface area (Å²) in [5.41, 5.74) is 1.68. The summed E-state index contributed by atoms with van der Waals surface area (Å²) in [7, 11) is 0. The smallest absolute Gasteiger partial charge is 0.115 e. The van der Waals surface area contributed by atoms with Gasteiger partial charge in [0, 0.05) is 12.1 Å². The summed E-state index contributed by atoms with van der Waals surface area (Å²) in [6.07, 6.45) is 1.15. The second kappa shape index (κ2) is 4.82. The number of aromatic hydroxyl groups is 1. The topological polar surface area (TPSA) is 23.5 Å². The van der Waals surface area contributed by atoms with Crippen molar-refractivity contribution in [1.82, 2.24) is 4.90 Å². The van der Waals surface area contributed by atoms with Crippen LogP contribution in [0.5, 0.6) is 5.75 Å². The van der Waals surface area contributed by atoms with Gasteiger partial charge in [0.1, 0.15) is 5.75 Å². The molecule has 0 bridgehead atoms. The molecule has 1 aromatic rings. The van der Waals surface area contributed by atoms with Gasteiger partial charge in [-0.2, -0.15) is 0 Å². The Bertz CT molecular complexity index is 449. The fourth-order valence-corrected chi connectivity index (χ4v) is 3.14. The fourth-order valence-electron chi connectivity index (χ4n) is 3.14. The molecule has 19 heavy (non-hydrogen) atoms. The molecule has 0 aromatic heterocycles. The molecule has 0 amide bonds. The molecule has 1 N–H and O–H groups in total. The van der Waals surface area contributed by atoms with E-state index in [4.69, 9.17) is 0 Å². The highest BCUT2D eigenvalue weighted by Gasteiger charge is 2.40. The van der Waals surface area contributed by atoms with Crippen LogP contribution in [0.3, 0.4) is 0 Å². The lowest BCUT2D eigenvalue weighted by atomic mass is 9.67. The predicted octanol–water partition coefficient (Wildman–Crippen LogP) is 3.79. The standard InChI is InChI=1S/C17H27NO/c1-13-12-18(16(2,3)4)10-9-17(13,5)14-7-6-8-15(19)11-14/h6-8,11,13,19H,9-10,12H2,1-5H3/t13-,17+/m0/s1. The van der Waals surface area contributed by atoms with E-state index in [1.54, 1.807) is 6.07 Å². The number of phenolic OH excluding ortho intramolecular Hbond substituents is 1. The summed E-state index contributed by atoms with van der Waals surface area (Å²) in [5.74, 6) is 0.964. The lowest BCUT2D eigenvalue weighted by Gasteiger charge is -2.49. The summed E-state index contributed by atoms with van der Waals surface area (Å²) in [4.78, 5) is 2.57. The third kappa shape index (κ3) is 2.79. The number of nitrogens with zero attached hydrogens (tertiary/aromatic N) is 1. The Hall–Kier alpha value is -1.02. The number of rotatable bonds is 1. The molecule has 0 spiro atoms. The number of piperidine rings is 1. The van der Waals surface area contributed by atoms with Crippen molar-refractivity contribution in [2.45, 2.75) is 52.0 Å². The minimum Gasteiger partial charge on any atom is -0.508 e. The Balaban J connectivity index is 2.23. The van der Waals surface area contributed by atoms with Gasteiger partial charge in [0.25, 0.3) is 0 Å². The van der Waals surface area contributed by atoms with Crippen molar-refractivity contribution in [1.29, 1.82) is 0 Å². The van der Waals surface area contributed by atoms with Crippen LogP contribution < -0.4 is 0 Å². The minimum absolute atomic E-state index is 0.167. The summed E-state index contributed by atoms with van der Waals surface area (Å²) < 4.78 is 0. The van der Waals surface area contributed by atoms with Crippen molar-refractivity contribution in [2.24, 2.45) is 5.92 Å². The van der Waals surface area contributed by atoms with Crippen LogP contribution in [-0.2, 0) is 5.41 Å². The van der Waals surface area contributed by atoms with Crippen LogP contribution in [0.25, 0.3) is 0 Å². The summed E-state index contributed by atoms with van der Waals surface area (Å²) in [6.45, 7) is 13.8. The Morgan fingerprint density at radius 3 is 2.53 bits per heavy atom. The lowest BCUT2D eigenvalue weighted by Crippen LogP contribution is -2.53. The highest BCUT2D eigenvalue weighted by atomic mass is 16.3. The van der Waals surface area contributed by atoms with E-state index < -0.39 is 0 Å². The van der Waals surface area contributed by atoms with Crippen molar-refractivity contribution in [3.05, 3.63) is 29.8 Å². The van der Waals surface area contributed by atoms with E-state index in [9.17, 15) is 5.11 Å². The van der Waals surface area contributed by atoms with Crippen molar-refractivity contribution in [3.63, 3.8) is 0 Å². The van der Waals surface area contributed by atoms with Gasteiger partial charge in [0.05, 0.1) is 0 Å². The maximum absolute atomic E-state index is 9.72. The van der Waals surface area contributed by atoms with Crippen molar-refractivity contribution in [3.8, 4) is 5.75 Å². The van der Waals surface area contributed by atoms with Gasteiger partial charge in [-0.05, 0) is 62.8 Å². The molecule has 2 heteroatoms. The molecule has 0 unspecified atom stereocenters. The number of hydrogen-bond donors (Lipinski definition) is 1. The van der Waals surface area contributed by atoms with Crippen LogP contribution in [0.4, 0.5) is 0 Å². The molecule has 1 fully saturated rings. The van der Waals surface area contributed by atoms with E-state index in [1.807, 2.05) is 12.1 Å². The molecular formula is C17H27NO. The summed E-state index contributed by atoms with van der Waals surface area (Å²) in [6, 6.07) is 7.80. The molecule has 2 nitrogen and oxygen atoms in total. The van der Waals surface area contributed by atoms with Crippen LogP contribution in [0, 0.1) is 5.92 Å². The monoisotopic (exact) mass is 261 g/mol. The van der Waals surface area contributed by atoms with Crippen molar-refractivity contribution in [2.75, 3.05) is 13.1 Å². The molecule has 0 aliphatic carbocycles. The first-order valence-electron chi connectivity index (χ1n) is 7.28. The molecule has 2 atom stereocenters. The molecule has 1 aliphatic rings. The molecule has 1 saturated heterocycles.